The molecule has 1 saturated heterocycles. The molecule has 196 valence electrons. The molecule has 1 fully saturated rings. The van der Waals surface area contributed by atoms with E-state index in [9.17, 15) is 17.2 Å². The Labute approximate surface area is 215 Å². The van der Waals surface area contributed by atoms with Crippen LogP contribution >= 0.6 is 0 Å². The Morgan fingerprint density at radius 1 is 1.32 bits per heavy atom. The second kappa shape index (κ2) is 10.8. The summed E-state index contributed by atoms with van der Waals surface area (Å²) < 4.78 is 59.5. The van der Waals surface area contributed by atoms with Crippen molar-refractivity contribution in [2.45, 2.75) is 23.5 Å². The van der Waals surface area contributed by atoms with E-state index in [-0.39, 0.29) is 11.4 Å². The minimum absolute atomic E-state index is 0.150. The minimum Gasteiger partial charge on any atom is -0.495 e. The van der Waals surface area contributed by atoms with Crippen LogP contribution in [0.1, 0.15) is 17.8 Å². The van der Waals surface area contributed by atoms with E-state index >= 15 is 0 Å². The first-order chi connectivity index (χ1) is 17.6. The summed E-state index contributed by atoms with van der Waals surface area (Å²) in [4.78, 5) is 6.66. The molecule has 2 atom stereocenters. The number of anilines is 2. The largest absolute Gasteiger partial charge is 0.495 e. The number of nitrogens with zero attached hydrogens (tertiary/aromatic N) is 3. The van der Waals surface area contributed by atoms with Crippen LogP contribution in [-0.4, -0.2) is 75.0 Å². The van der Waals surface area contributed by atoms with Gasteiger partial charge < -0.3 is 20.3 Å². The summed E-state index contributed by atoms with van der Waals surface area (Å²) in [7, 11) is -0.0453. The maximum absolute atomic E-state index is 14.6. The molecule has 3 aromatic rings. The van der Waals surface area contributed by atoms with Gasteiger partial charge in [-0.3, -0.25) is 4.40 Å². The molecule has 1 aromatic carbocycles. The molecular formula is C26H29F2N5O3S. The Balaban J connectivity index is 1.57. The number of pyridine rings is 1. The van der Waals surface area contributed by atoms with Crippen LogP contribution in [-0.2, 0) is 9.84 Å². The minimum atomic E-state index is -3.37. The SMILES string of the molecule is C=Cc1c(C#CCNc2ccc(S(C)(=O)=O)cc2OC)nc2c(N[C@@H]3CCN(C)C[C@@H]3F)cc(F)cn12. The molecule has 1 aliphatic rings. The van der Waals surface area contributed by atoms with Crippen LogP contribution in [0.15, 0.2) is 41.9 Å². The Bertz CT molecular complexity index is 1490. The first-order valence-corrected chi connectivity index (χ1v) is 13.5. The van der Waals surface area contributed by atoms with Gasteiger partial charge in [-0.05, 0) is 37.6 Å². The molecular weight excluding hydrogens is 500 g/mol. The molecule has 2 N–H and O–H groups in total. The topological polar surface area (TPSA) is 88.0 Å². The number of ether oxygens (including phenoxy) is 1. The van der Waals surface area contributed by atoms with Crippen LogP contribution < -0.4 is 15.4 Å². The van der Waals surface area contributed by atoms with Crippen LogP contribution in [0.25, 0.3) is 11.7 Å². The molecule has 0 bridgehead atoms. The first kappa shape index (κ1) is 26.4. The molecule has 0 unspecified atom stereocenters. The second-order valence-corrected chi connectivity index (χ2v) is 10.9. The van der Waals surface area contributed by atoms with Crippen molar-refractivity contribution in [3.8, 4) is 17.6 Å². The lowest BCUT2D eigenvalue weighted by atomic mass is 10.0. The highest BCUT2D eigenvalue weighted by Gasteiger charge is 2.28. The summed E-state index contributed by atoms with van der Waals surface area (Å²) in [6.07, 6.45) is 3.46. The quantitative estimate of drug-likeness (QED) is 0.454. The Kier molecular flexibility index (Phi) is 7.71. The molecule has 37 heavy (non-hydrogen) atoms. The van der Waals surface area contributed by atoms with Crippen molar-refractivity contribution in [3.05, 3.63) is 54.2 Å². The van der Waals surface area contributed by atoms with Gasteiger partial charge in [0.25, 0.3) is 0 Å². The zero-order valence-electron chi connectivity index (χ0n) is 20.9. The number of hydrogen-bond donors (Lipinski definition) is 2. The molecule has 0 saturated carbocycles. The predicted molar refractivity (Wildman–Crippen MR) is 141 cm³/mol. The van der Waals surface area contributed by atoms with E-state index in [1.54, 1.807) is 16.5 Å². The zero-order chi connectivity index (χ0) is 26.7. The zero-order valence-corrected chi connectivity index (χ0v) is 21.7. The third-order valence-corrected chi connectivity index (χ3v) is 7.29. The van der Waals surface area contributed by atoms with Gasteiger partial charge in [0, 0.05) is 37.7 Å². The number of fused-ring (bicyclic) bond motifs is 1. The van der Waals surface area contributed by atoms with Gasteiger partial charge in [0.15, 0.2) is 15.5 Å². The second-order valence-electron chi connectivity index (χ2n) is 8.92. The van der Waals surface area contributed by atoms with Gasteiger partial charge >= 0.3 is 0 Å². The lowest BCUT2D eigenvalue weighted by Gasteiger charge is -2.33. The molecule has 0 spiro atoms. The fourth-order valence-electron chi connectivity index (χ4n) is 4.26. The van der Waals surface area contributed by atoms with Gasteiger partial charge in [0.1, 0.15) is 23.4 Å². The Morgan fingerprint density at radius 3 is 2.78 bits per heavy atom. The highest BCUT2D eigenvalue weighted by atomic mass is 32.2. The van der Waals surface area contributed by atoms with Crippen molar-refractivity contribution in [3.63, 3.8) is 0 Å². The molecule has 11 heteroatoms. The van der Waals surface area contributed by atoms with E-state index in [0.717, 1.165) is 12.8 Å². The van der Waals surface area contributed by atoms with E-state index in [2.05, 4.69) is 34.0 Å². The average molecular weight is 530 g/mol. The normalized spacial score (nSPS) is 18.2. The summed E-state index contributed by atoms with van der Waals surface area (Å²) in [5.41, 5.74) is 2.31. The maximum atomic E-state index is 14.6. The van der Waals surface area contributed by atoms with Crippen LogP contribution in [0.3, 0.4) is 0 Å². The van der Waals surface area contributed by atoms with Crippen molar-refractivity contribution in [2.24, 2.45) is 0 Å². The molecule has 1 aliphatic heterocycles. The average Bonchev–Trinajstić information content (AvgIpc) is 3.20. The van der Waals surface area contributed by atoms with Gasteiger partial charge in [-0.25, -0.2) is 22.2 Å². The van der Waals surface area contributed by atoms with Gasteiger partial charge in [0.2, 0.25) is 0 Å². The summed E-state index contributed by atoms with van der Waals surface area (Å²) >= 11 is 0. The number of hydrogen-bond acceptors (Lipinski definition) is 7. The third-order valence-electron chi connectivity index (χ3n) is 6.18. The predicted octanol–water partition coefficient (Wildman–Crippen LogP) is 3.45. The van der Waals surface area contributed by atoms with Crippen LogP contribution in [0, 0.1) is 17.7 Å². The number of rotatable bonds is 7. The summed E-state index contributed by atoms with van der Waals surface area (Å²) in [6, 6.07) is 5.40. The molecule has 8 nitrogen and oxygen atoms in total. The number of nitrogens with one attached hydrogen (secondary N) is 2. The summed E-state index contributed by atoms with van der Waals surface area (Å²) in [6.45, 7) is 5.07. The maximum Gasteiger partial charge on any atom is 0.175 e. The van der Waals surface area contributed by atoms with E-state index in [1.807, 2.05) is 11.9 Å². The highest BCUT2D eigenvalue weighted by molar-refractivity contribution is 7.90. The number of aromatic nitrogens is 2. The standard InChI is InChI=1S/C26H29F2N5O3S/c1-5-24-21(7-6-11-29-22-9-8-18(37(4,34)35)14-25(22)36-3)31-26-23(13-17(27)15-33(24)26)30-20-10-12-32(2)16-19(20)28/h5,8-9,13-15,19-20,29-30H,1,10-12,16H2,2-4H3/t19-,20+/m0/s1. The lowest BCUT2D eigenvalue weighted by molar-refractivity contribution is 0.149. The van der Waals surface area contributed by atoms with Gasteiger partial charge in [-0.2, -0.15) is 0 Å². The van der Waals surface area contributed by atoms with E-state index in [4.69, 9.17) is 4.74 Å². The number of benzene rings is 1. The van der Waals surface area contributed by atoms with E-state index in [0.29, 0.717) is 47.1 Å². The fourth-order valence-corrected chi connectivity index (χ4v) is 4.89. The number of halogens is 2. The van der Waals surface area contributed by atoms with Crippen LogP contribution in [0.5, 0.6) is 5.75 Å². The molecule has 0 aliphatic carbocycles. The van der Waals surface area contributed by atoms with Crippen molar-refractivity contribution in [2.75, 3.05) is 50.7 Å². The van der Waals surface area contributed by atoms with Crippen molar-refractivity contribution >= 4 is 32.9 Å². The number of piperidine rings is 1. The van der Waals surface area contributed by atoms with E-state index < -0.39 is 27.9 Å². The van der Waals surface area contributed by atoms with Gasteiger partial charge in [-0.1, -0.05) is 12.5 Å². The van der Waals surface area contributed by atoms with Crippen LogP contribution in [0.4, 0.5) is 20.2 Å². The van der Waals surface area contributed by atoms with Gasteiger partial charge in [0.05, 0.1) is 41.7 Å². The molecule has 0 radical (unpaired) electrons. The first-order valence-electron chi connectivity index (χ1n) is 11.6. The van der Waals surface area contributed by atoms with Crippen molar-refractivity contribution < 1.29 is 21.9 Å². The number of methoxy groups -OCH3 is 1. The van der Waals surface area contributed by atoms with Crippen molar-refractivity contribution in [1.82, 2.24) is 14.3 Å². The Hall–Kier alpha value is -3.62. The van der Waals surface area contributed by atoms with E-state index in [1.165, 1.54) is 31.5 Å². The third kappa shape index (κ3) is 5.87. The molecule has 3 heterocycles. The lowest BCUT2D eigenvalue weighted by Crippen LogP contribution is -2.46. The highest BCUT2D eigenvalue weighted by Crippen LogP contribution is 2.28. The van der Waals surface area contributed by atoms with Crippen molar-refractivity contribution in [1.29, 1.82) is 0 Å². The number of alkyl halides is 1. The number of likely N-dealkylation sites (tertiary alicyclic amines) is 1. The van der Waals surface area contributed by atoms with Crippen LogP contribution in [0.2, 0.25) is 0 Å². The fraction of sp³-hybridized carbons (Fsp3) is 0.346. The smallest absolute Gasteiger partial charge is 0.175 e. The Morgan fingerprint density at radius 2 is 2.11 bits per heavy atom. The summed E-state index contributed by atoms with van der Waals surface area (Å²) in [5, 5.41) is 6.24. The molecule has 0 amide bonds. The summed E-state index contributed by atoms with van der Waals surface area (Å²) in [5.74, 6) is 5.82. The number of imidazole rings is 1. The molecule has 4 rings (SSSR count). The monoisotopic (exact) mass is 529 g/mol. The van der Waals surface area contributed by atoms with Gasteiger partial charge in [-0.15, -0.1) is 0 Å². The number of sulfone groups is 1. The molecule has 2 aromatic heterocycles.